The van der Waals surface area contributed by atoms with Crippen LogP contribution < -0.4 is 24.8 Å². The Morgan fingerprint density at radius 3 is 2.16 bits per heavy atom. The van der Waals surface area contributed by atoms with E-state index in [4.69, 9.17) is 14.2 Å². The molecule has 9 nitrogen and oxygen atoms in total. The number of hydrogen-bond donors (Lipinski definition) is 2. The average Bonchev–Trinajstić information content (AvgIpc) is 2.97. The Labute approximate surface area is 178 Å². The van der Waals surface area contributed by atoms with Crippen molar-refractivity contribution in [2.75, 3.05) is 33.2 Å². The molecule has 2 aromatic rings. The molecular formula is C21H22FN3O6. The molecule has 3 rings (SSSR count). The summed E-state index contributed by atoms with van der Waals surface area (Å²) in [5.41, 5.74) is -0.676. The SMILES string of the molecule is COc1cc(NC(=O)CN2C(=O)NC(C)(c3ccc(F)cc3)C2=O)cc(OC)c1OC. The first-order chi connectivity index (χ1) is 14.7. The summed E-state index contributed by atoms with van der Waals surface area (Å²) in [6.45, 7) is 0.982. The van der Waals surface area contributed by atoms with Gasteiger partial charge in [0, 0.05) is 17.8 Å². The Balaban J connectivity index is 1.77. The van der Waals surface area contributed by atoms with E-state index >= 15 is 0 Å². The Morgan fingerprint density at radius 2 is 1.65 bits per heavy atom. The summed E-state index contributed by atoms with van der Waals surface area (Å²) in [7, 11) is 4.33. The fraction of sp³-hybridized carbons (Fsp3) is 0.286. The summed E-state index contributed by atoms with van der Waals surface area (Å²) in [6, 6.07) is 7.53. The van der Waals surface area contributed by atoms with Crippen LogP contribution in [0.5, 0.6) is 17.2 Å². The quantitative estimate of drug-likeness (QED) is 0.652. The van der Waals surface area contributed by atoms with Crippen molar-refractivity contribution >= 4 is 23.5 Å². The summed E-state index contributed by atoms with van der Waals surface area (Å²) in [4.78, 5) is 38.7. The molecule has 4 amide bonds. The molecule has 1 fully saturated rings. The maximum absolute atomic E-state index is 13.2. The molecular weight excluding hydrogens is 409 g/mol. The minimum absolute atomic E-state index is 0.327. The van der Waals surface area contributed by atoms with Crippen molar-refractivity contribution in [1.29, 1.82) is 0 Å². The van der Waals surface area contributed by atoms with Gasteiger partial charge < -0.3 is 24.8 Å². The first-order valence-corrected chi connectivity index (χ1v) is 9.23. The van der Waals surface area contributed by atoms with E-state index in [0.717, 1.165) is 4.90 Å². The lowest BCUT2D eigenvalue weighted by Gasteiger charge is -2.22. The van der Waals surface area contributed by atoms with Crippen LogP contribution in [0, 0.1) is 5.82 Å². The predicted octanol–water partition coefficient (Wildman–Crippen LogP) is 2.26. The van der Waals surface area contributed by atoms with E-state index in [9.17, 15) is 18.8 Å². The summed E-state index contributed by atoms with van der Waals surface area (Å²) < 4.78 is 28.9. The summed E-state index contributed by atoms with van der Waals surface area (Å²) in [5, 5.41) is 5.17. The number of anilines is 1. The third-order valence-corrected chi connectivity index (χ3v) is 4.95. The molecule has 0 spiro atoms. The highest BCUT2D eigenvalue weighted by Crippen LogP contribution is 2.40. The van der Waals surface area contributed by atoms with Crippen LogP contribution in [-0.2, 0) is 15.1 Å². The minimum atomic E-state index is -1.41. The van der Waals surface area contributed by atoms with Gasteiger partial charge in [-0.25, -0.2) is 9.18 Å². The van der Waals surface area contributed by atoms with Crippen LogP contribution in [0.25, 0.3) is 0 Å². The third-order valence-electron chi connectivity index (χ3n) is 4.95. The standard InChI is InChI=1S/C21H22FN3O6/c1-21(12-5-7-13(22)8-6-12)19(27)25(20(28)24-21)11-17(26)23-14-9-15(29-2)18(31-4)16(10-14)30-3/h5-10H,11H2,1-4H3,(H,23,26)(H,24,28). The number of rotatable bonds is 7. The van der Waals surface area contributed by atoms with Crippen molar-refractivity contribution in [3.05, 3.63) is 47.8 Å². The number of amides is 4. The molecule has 0 aromatic heterocycles. The van der Waals surface area contributed by atoms with Crippen LogP contribution in [0.2, 0.25) is 0 Å². The maximum Gasteiger partial charge on any atom is 0.325 e. The Hall–Kier alpha value is -3.82. The molecule has 1 aliphatic rings. The molecule has 1 atom stereocenters. The van der Waals surface area contributed by atoms with Crippen LogP contribution in [-0.4, -0.2) is 50.6 Å². The van der Waals surface area contributed by atoms with E-state index in [0.29, 0.717) is 28.5 Å². The lowest BCUT2D eigenvalue weighted by Crippen LogP contribution is -2.42. The molecule has 1 unspecified atom stereocenters. The van der Waals surface area contributed by atoms with E-state index in [1.54, 1.807) is 0 Å². The topological polar surface area (TPSA) is 106 Å². The lowest BCUT2D eigenvalue weighted by molar-refractivity contribution is -0.133. The van der Waals surface area contributed by atoms with E-state index in [1.807, 2.05) is 0 Å². The normalized spacial score (nSPS) is 17.9. The van der Waals surface area contributed by atoms with Gasteiger partial charge in [0.15, 0.2) is 11.5 Å². The van der Waals surface area contributed by atoms with E-state index in [2.05, 4.69) is 10.6 Å². The molecule has 1 saturated heterocycles. The second kappa shape index (κ2) is 8.50. The van der Waals surface area contributed by atoms with E-state index in [1.165, 1.54) is 64.7 Å². The number of nitrogens with zero attached hydrogens (tertiary/aromatic N) is 1. The molecule has 0 radical (unpaired) electrons. The van der Waals surface area contributed by atoms with Crippen molar-refractivity contribution in [2.45, 2.75) is 12.5 Å². The summed E-state index contributed by atoms with van der Waals surface area (Å²) >= 11 is 0. The molecule has 31 heavy (non-hydrogen) atoms. The van der Waals surface area contributed by atoms with Crippen LogP contribution in [0.15, 0.2) is 36.4 Å². The number of carbonyl (C=O) groups excluding carboxylic acids is 3. The van der Waals surface area contributed by atoms with Crippen LogP contribution >= 0.6 is 0 Å². The van der Waals surface area contributed by atoms with Gasteiger partial charge in [-0.15, -0.1) is 0 Å². The first-order valence-electron chi connectivity index (χ1n) is 9.23. The number of methoxy groups -OCH3 is 3. The van der Waals surface area contributed by atoms with E-state index < -0.39 is 35.7 Å². The Bertz CT molecular complexity index is 1000. The number of benzene rings is 2. The van der Waals surface area contributed by atoms with E-state index in [-0.39, 0.29) is 0 Å². The molecule has 1 heterocycles. The third kappa shape index (κ3) is 4.09. The highest BCUT2D eigenvalue weighted by atomic mass is 19.1. The lowest BCUT2D eigenvalue weighted by atomic mass is 9.92. The zero-order valence-electron chi connectivity index (χ0n) is 17.4. The van der Waals surface area contributed by atoms with Crippen molar-refractivity contribution in [2.24, 2.45) is 0 Å². The first kappa shape index (κ1) is 21.9. The smallest absolute Gasteiger partial charge is 0.325 e. The molecule has 0 aliphatic carbocycles. The van der Waals surface area contributed by atoms with Gasteiger partial charge in [-0.05, 0) is 24.6 Å². The van der Waals surface area contributed by atoms with Crippen molar-refractivity contribution < 1.29 is 33.0 Å². The van der Waals surface area contributed by atoms with Gasteiger partial charge in [0.05, 0.1) is 21.3 Å². The van der Waals surface area contributed by atoms with Gasteiger partial charge in [-0.2, -0.15) is 0 Å². The van der Waals surface area contributed by atoms with Crippen molar-refractivity contribution in [1.82, 2.24) is 10.2 Å². The Kier molecular flexibility index (Phi) is 6.00. The molecule has 10 heteroatoms. The summed E-state index contributed by atoms with van der Waals surface area (Å²) in [5.74, 6) is -0.685. The molecule has 1 aliphatic heterocycles. The van der Waals surface area contributed by atoms with Gasteiger partial charge in [0.25, 0.3) is 5.91 Å². The molecule has 164 valence electrons. The number of hydrogen-bond acceptors (Lipinski definition) is 6. The highest BCUT2D eigenvalue weighted by Gasteiger charge is 2.49. The van der Waals surface area contributed by atoms with Crippen LogP contribution in [0.3, 0.4) is 0 Å². The second-order valence-corrected chi connectivity index (χ2v) is 6.92. The fourth-order valence-corrected chi connectivity index (χ4v) is 3.32. The average molecular weight is 431 g/mol. The number of imide groups is 1. The molecule has 2 aromatic carbocycles. The maximum atomic E-state index is 13.2. The molecule has 0 bridgehead atoms. The highest BCUT2D eigenvalue weighted by molar-refractivity contribution is 6.10. The van der Waals surface area contributed by atoms with Crippen LogP contribution in [0.1, 0.15) is 12.5 Å². The zero-order valence-corrected chi connectivity index (χ0v) is 17.4. The number of nitrogens with one attached hydrogen (secondary N) is 2. The Morgan fingerprint density at radius 1 is 1.06 bits per heavy atom. The molecule has 2 N–H and O–H groups in total. The number of halogens is 1. The second-order valence-electron chi connectivity index (χ2n) is 6.92. The van der Waals surface area contributed by atoms with Gasteiger partial charge in [-0.1, -0.05) is 12.1 Å². The van der Waals surface area contributed by atoms with Crippen molar-refractivity contribution in [3.8, 4) is 17.2 Å². The van der Waals surface area contributed by atoms with Gasteiger partial charge in [0.2, 0.25) is 11.7 Å². The predicted molar refractivity (Wildman–Crippen MR) is 109 cm³/mol. The fourth-order valence-electron chi connectivity index (χ4n) is 3.32. The number of urea groups is 1. The minimum Gasteiger partial charge on any atom is -0.493 e. The number of ether oxygens (including phenoxy) is 3. The largest absolute Gasteiger partial charge is 0.493 e. The summed E-state index contributed by atoms with van der Waals surface area (Å²) in [6.07, 6.45) is 0. The van der Waals surface area contributed by atoms with Gasteiger partial charge >= 0.3 is 6.03 Å². The van der Waals surface area contributed by atoms with Crippen LogP contribution in [0.4, 0.5) is 14.9 Å². The van der Waals surface area contributed by atoms with Gasteiger partial charge in [0.1, 0.15) is 17.9 Å². The molecule has 0 saturated carbocycles. The van der Waals surface area contributed by atoms with Crippen molar-refractivity contribution in [3.63, 3.8) is 0 Å². The zero-order chi connectivity index (χ0) is 22.8. The monoisotopic (exact) mass is 431 g/mol. The number of carbonyl (C=O) groups is 3. The van der Waals surface area contributed by atoms with Gasteiger partial charge in [-0.3, -0.25) is 14.5 Å².